The van der Waals surface area contributed by atoms with Crippen molar-refractivity contribution in [3.05, 3.63) is 141 Å². The maximum absolute atomic E-state index is 12.6. The van der Waals surface area contributed by atoms with Crippen LogP contribution in [0.5, 0.6) is 52.5 Å². The fourth-order valence-electron chi connectivity index (χ4n) is 14.1. The molecule has 6 aliphatic heterocycles. The molecule has 26 nitrogen and oxygen atoms in total. The van der Waals surface area contributed by atoms with Crippen molar-refractivity contribution in [3.63, 3.8) is 0 Å². The van der Waals surface area contributed by atoms with Gasteiger partial charge in [0.2, 0.25) is 35.3 Å². The standard InChI is InChI=1S/C28H30ClN3O5S.C25H30ClN3O7S.C21H24ClN3O5S/c1-18-27(36-22-11-20-15-35-16-21(12-22)32(20)14-19-5-3-2-4-6-19)30-17-31-28(18)37-26-10-9-24(13-25(26)29)38(33,34)23-7-8-23;1-14(2)34-25(30)29-16-8-18(9-17(29)12-33-11-16)35-23-15(3)24(28-13-27-23)36-22-7-6-20(10-21(22)26)37(31,32)19-4-5-19;1-12-20(29-15-6-13-9-28-10-14(7-15)25-13)23-11-24-21(12)30-19-5-4-17(8-18(19)22)31(26,27)16-2-3-16/h2-6,9-10,13,17,20-23H,7-8,11-12,14-16H2,1H3;6-7,10,13-14,16-19H,4-5,8-9,11-12H2,1-3H3;4-5,8,11,13-16,25H,2-3,6-7,9-10H2,1H3/t20-,21?,22?;16-,17?,18?;13-,14?,15?/m111/s1. The molecule has 1 N–H and O–H groups in total. The number of carbonyl (C=O) groups excluding carboxylic acids is 1. The highest BCUT2D eigenvalue weighted by atomic mass is 35.5. The molecule has 106 heavy (non-hydrogen) atoms. The number of hydrogen-bond acceptors (Lipinski definition) is 25. The highest BCUT2D eigenvalue weighted by Gasteiger charge is 2.46. The van der Waals surface area contributed by atoms with E-state index in [1.54, 1.807) is 24.0 Å². The number of hydrogen-bond donors (Lipinski definition) is 1. The number of carbonyl (C=O) groups is 1. The molecular weight excluding hydrogens is 1490 g/mol. The van der Waals surface area contributed by atoms with Crippen LogP contribution in [-0.4, -0.2) is 187 Å². The SMILES string of the molecule is Cc1c(Oc2ccc(S(=O)(=O)C3CC3)cc2Cl)ncnc1OC1CC2COC[C@@H](C1)N2.Cc1c(Oc2ccc(S(=O)(=O)C3CC3)cc2Cl)ncnc1OC1CC2COC[C@@H](C1)N2C(=O)OC(C)C.Cc1c(Oc2ccc(S(=O)(=O)C3CC3)cc2Cl)ncnc1OC1CC2COC[C@@H](C1)N2Cc1ccccc1. The van der Waals surface area contributed by atoms with Crippen LogP contribution in [0, 0.1) is 20.8 Å². The number of piperidine rings is 3. The summed E-state index contributed by atoms with van der Waals surface area (Å²) in [6.45, 7) is 13.6. The largest absolute Gasteiger partial charge is 0.474 e. The summed E-state index contributed by atoms with van der Waals surface area (Å²) in [5, 5.41) is 3.23. The van der Waals surface area contributed by atoms with Gasteiger partial charge in [-0.2, -0.15) is 0 Å². The van der Waals surface area contributed by atoms with E-state index in [2.05, 4.69) is 64.4 Å². The Bertz CT molecular complexity index is 4680. The molecule has 566 valence electrons. The molecular formula is C74H84Cl3N9O17S3. The Morgan fingerprint density at radius 3 is 1.17 bits per heavy atom. The number of rotatable bonds is 21. The average molecular weight is 1570 g/mol. The summed E-state index contributed by atoms with van der Waals surface area (Å²) in [6.07, 6.45) is 12.1. The van der Waals surface area contributed by atoms with Crippen molar-refractivity contribution in [2.24, 2.45) is 0 Å². The van der Waals surface area contributed by atoms with Crippen molar-refractivity contribution in [2.75, 3.05) is 39.6 Å². The predicted octanol–water partition coefficient (Wildman–Crippen LogP) is 12.4. The molecule has 3 aliphatic carbocycles. The predicted molar refractivity (Wildman–Crippen MR) is 390 cm³/mol. The normalized spacial score (nSPS) is 24.3. The smallest absolute Gasteiger partial charge is 0.410 e. The minimum Gasteiger partial charge on any atom is -0.474 e. The van der Waals surface area contributed by atoms with Crippen LogP contribution in [0.4, 0.5) is 4.79 Å². The second-order valence-corrected chi connectivity index (χ2v) is 36.5. The average Bonchev–Trinajstić information content (AvgIpc) is 1.51. The highest BCUT2D eigenvalue weighted by molar-refractivity contribution is 7.93. The minimum atomic E-state index is -3.36. The molecule has 9 atom stereocenters. The van der Waals surface area contributed by atoms with Gasteiger partial charge in [0.05, 0.1) is 120 Å². The molecule has 3 saturated carbocycles. The highest BCUT2D eigenvalue weighted by Crippen LogP contribution is 2.44. The first-order valence-electron chi connectivity index (χ1n) is 35.8. The van der Waals surface area contributed by atoms with E-state index < -0.39 is 29.5 Å². The van der Waals surface area contributed by atoms with E-state index >= 15 is 0 Å². The van der Waals surface area contributed by atoms with Crippen molar-refractivity contribution in [2.45, 2.75) is 209 Å². The first-order chi connectivity index (χ1) is 50.9. The number of benzene rings is 4. The minimum absolute atomic E-state index is 0.00197. The molecule has 9 aliphatic rings. The van der Waals surface area contributed by atoms with Gasteiger partial charge in [0.1, 0.15) is 54.5 Å². The molecule has 9 heterocycles. The number of nitrogens with one attached hydrogen (secondary N) is 1. The van der Waals surface area contributed by atoms with Crippen LogP contribution >= 0.6 is 34.8 Å². The fourth-order valence-corrected chi connectivity index (χ4v) is 20.0. The summed E-state index contributed by atoms with van der Waals surface area (Å²) >= 11 is 19.1. The molecule has 0 radical (unpaired) electrons. The third kappa shape index (κ3) is 17.5. The molecule has 1 amide bonds. The zero-order chi connectivity index (χ0) is 74.2. The lowest BCUT2D eigenvalue weighted by Gasteiger charge is -2.48. The number of fused-ring (bicyclic) bond motifs is 6. The van der Waals surface area contributed by atoms with E-state index in [-0.39, 0.29) is 112 Å². The molecule has 4 aromatic carbocycles. The Morgan fingerprint density at radius 2 is 0.811 bits per heavy atom. The van der Waals surface area contributed by atoms with Gasteiger partial charge in [-0.05, 0) is 133 Å². The molecule has 6 bridgehead atoms. The fraction of sp³-hybridized carbons (Fsp3) is 0.500. The summed E-state index contributed by atoms with van der Waals surface area (Å²) in [7, 11) is -10.0. The van der Waals surface area contributed by atoms with Crippen LogP contribution in [0.1, 0.15) is 113 Å². The van der Waals surface area contributed by atoms with Crippen LogP contribution in [0.2, 0.25) is 15.1 Å². The lowest BCUT2D eigenvalue weighted by Crippen LogP contribution is -2.61. The molecule has 3 aromatic heterocycles. The lowest BCUT2D eigenvalue weighted by molar-refractivity contribution is -0.104. The molecule has 6 unspecified atom stereocenters. The zero-order valence-electron chi connectivity index (χ0n) is 59.1. The third-order valence-electron chi connectivity index (χ3n) is 20.1. The summed E-state index contributed by atoms with van der Waals surface area (Å²) in [5.74, 6) is 3.16. The summed E-state index contributed by atoms with van der Waals surface area (Å²) in [6, 6.07) is 24.9. The number of morpholine rings is 3. The number of nitrogens with zero attached hydrogens (tertiary/aromatic N) is 8. The molecule has 9 fully saturated rings. The van der Waals surface area contributed by atoms with Gasteiger partial charge < -0.3 is 52.7 Å². The first kappa shape index (κ1) is 75.5. The van der Waals surface area contributed by atoms with Crippen molar-refractivity contribution in [3.8, 4) is 52.5 Å². The van der Waals surface area contributed by atoms with Crippen LogP contribution in [0.25, 0.3) is 0 Å². The van der Waals surface area contributed by atoms with E-state index in [9.17, 15) is 30.0 Å². The van der Waals surface area contributed by atoms with Gasteiger partial charge >= 0.3 is 6.09 Å². The Morgan fingerprint density at radius 1 is 0.472 bits per heavy atom. The van der Waals surface area contributed by atoms with E-state index in [0.29, 0.717) is 161 Å². The van der Waals surface area contributed by atoms with Crippen LogP contribution < -0.4 is 33.7 Å². The second kappa shape index (κ2) is 32.1. The van der Waals surface area contributed by atoms with E-state index in [1.807, 2.05) is 33.8 Å². The summed E-state index contributed by atoms with van der Waals surface area (Å²) in [5.41, 5.74) is 3.20. The van der Waals surface area contributed by atoms with Crippen molar-refractivity contribution >= 4 is 70.4 Å². The van der Waals surface area contributed by atoms with Crippen LogP contribution in [0.3, 0.4) is 0 Å². The molecule has 6 saturated heterocycles. The van der Waals surface area contributed by atoms with Crippen LogP contribution in [-0.2, 0) is 55.0 Å². The maximum atomic E-state index is 12.6. The zero-order valence-corrected chi connectivity index (χ0v) is 63.8. The molecule has 7 aromatic rings. The molecule has 16 rings (SSSR count). The van der Waals surface area contributed by atoms with Gasteiger partial charge in [-0.15, -0.1) is 0 Å². The van der Waals surface area contributed by atoms with Gasteiger partial charge in [0.25, 0.3) is 0 Å². The van der Waals surface area contributed by atoms with Gasteiger partial charge in [-0.25, -0.2) is 60.0 Å². The maximum Gasteiger partial charge on any atom is 0.410 e. The lowest BCUT2D eigenvalue weighted by atomic mass is 9.91. The van der Waals surface area contributed by atoms with E-state index in [0.717, 1.165) is 32.2 Å². The summed E-state index contributed by atoms with van der Waals surface area (Å²) in [4.78, 5) is 43.2. The first-order valence-corrected chi connectivity index (χ1v) is 41.6. The quantitative estimate of drug-likeness (QED) is 0.0698. The number of amides is 1. The van der Waals surface area contributed by atoms with Crippen molar-refractivity contribution < 1.29 is 77.4 Å². The summed E-state index contributed by atoms with van der Waals surface area (Å²) < 4.78 is 134. The monoisotopic (exact) mass is 1570 g/mol. The molecule has 32 heteroatoms. The Hall–Kier alpha value is -7.29. The topological polar surface area (TPSA) is 308 Å². The van der Waals surface area contributed by atoms with Crippen molar-refractivity contribution in [1.29, 1.82) is 0 Å². The Labute approximate surface area is 631 Å². The number of ether oxygens (including phenoxy) is 10. The number of sulfone groups is 3. The van der Waals surface area contributed by atoms with E-state index in [4.69, 9.17) is 82.2 Å². The van der Waals surface area contributed by atoms with Crippen LogP contribution in [0.15, 0.2) is 119 Å². The second-order valence-electron chi connectivity index (χ2n) is 28.6. The Balaban J connectivity index is 0.000000134. The number of aromatic nitrogens is 6. The van der Waals surface area contributed by atoms with Gasteiger partial charge in [0.15, 0.2) is 29.5 Å². The Kier molecular flexibility index (Phi) is 22.9. The van der Waals surface area contributed by atoms with Crippen molar-refractivity contribution in [1.82, 2.24) is 45.0 Å². The van der Waals surface area contributed by atoms with E-state index in [1.165, 1.54) is 67.0 Å². The number of halogens is 3. The third-order valence-corrected chi connectivity index (χ3v) is 27.7. The van der Waals surface area contributed by atoms with Gasteiger partial charge in [0, 0.05) is 69.2 Å². The van der Waals surface area contributed by atoms with Gasteiger partial charge in [-0.1, -0.05) is 65.1 Å². The van der Waals surface area contributed by atoms with Gasteiger partial charge in [-0.3, -0.25) is 9.80 Å². The molecule has 0 spiro atoms.